The van der Waals surface area contributed by atoms with Gasteiger partial charge in [-0.1, -0.05) is 48.0 Å². The second-order valence-corrected chi connectivity index (χ2v) is 9.45. The number of hydrogen-bond donors (Lipinski definition) is 1. The van der Waals surface area contributed by atoms with Crippen LogP contribution in [-0.4, -0.2) is 35.8 Å². The Kier molecular flexibility index (Phi) is 5.30. The molecular weight excluding hydrogens is 478 g/mol. The summed E-state index contributed by atoms with van der Waals surface area (Å²) in [4.78, 5) is 44.6. The number of methoxy groups -OCH3 is 1. The van der Waals surface area contributed by atoms with Crippen molar-refractivity contribution in [2.45, 2.75) is 12.1 Å². The zero-order valence-electron chi connectivity index (χ0n) is 19.3. The van der Waals surface area contributed by atoms with Crippen molar-refractivity contribution in [3.05, 3.63) is 95.1 Å². The average Bonchev–Trinajstić information content (AvgIpc) is 3.38. The molecule has 3 aliphatic heterocycles. The SMILES string of the molecule is COc1ccccc1N1C(=O)[C@@H]2[C@H](C1=O)C1c3ccccc3C=CN1[C@@H]2C(=O)Nc1ccc(Cl)cc1. The Hall–Kier alpha value is -4.10. The number of rotatable bonds is 4. The third-order valence-electron chi connectivity index (χ3n) is 7.17. The quantitative estimate of drug-likeness (QED) is 0.535. The predicted octanol–water partition coefficient (Wildman–Crippen LogP) is 4.50. The van der Waals surface area contributed by atoms with Crippen molar-refractivity contribution < 1.29 is 19.1 Å². The maximum absolute atomic E-state index is 13.9. The highest BCUT2D eigenvalue weighted by Crippen LogP contribution is 2.54. The molecule has 3 aromatic rings. The maximum atomic E-state index is 13.9. The van der Waals surface area contributed by atoms with Crippen molar-refractivity contribution in [1.29, 1.82) is 0 Å². The molecule has 0 bridgehead atoms. The van der Waals surface area contributed by atoms with Gasteiger partial charge in [-0.15, -0.1) is 0 Å². The van der Waals surface area contributed by atoms with Gasteiger partial charge in [0.2, 0.25) is 17.7 Å². The summed E-state index contributed by atoms with van der Waals surface area (Å²) in [6.45, 7) is 0. The summed E-state index contributed by atoms with van der Waals surface area (Å²) in [6, 6.07) is 20.1. The lowest BCUT2D eigenvalue weighted by atomic mass is 9.84. The summed E-state index contributed by atoms with van der Waals surface area (Å²) in [5.74, 6) is -2.28. The first-order valence-electron chi connectivity index (χ1n) is 11.6. The second kappa shape index (κ2) is 8.53. The van der Waals surface area contributed by atoms with E-state index in [1.165, 1.54) is 12.0 Å². The van der Waals surface area contributed by atoms with Crippen LogP contribution in [0.4, 0.5) is 11.4 Å². The van der Waals surface area contributed by atoms with E-state index in [9.17, 15) is 14.4 Å². The van der Waals surface area contributed by atoms with Crippen LogP contribution in [0.25, 0.3) is 6.08 Å². The number of benzene rings is 3. The molecule has 0 spiro atoms. The molecule has 36 heavy (non-hydrogen) atoms. The number of carbonyl (C=O) groups excluding carboxylic acids is 3. The molecule has 4 atom stereocenters. The smallest absolute Gasteiger partial charge is 0.247 e. The topological polar surface area (TPSA) is 79.0 Å². The lowest BCUT2D eigenvalue weighted by Crippen LogP contribution is -2.46. The Morgan fingerprint density at radius 3 is 2.39 bits per heavy atom. The van der Waals surface area contributed by atoms with E-state index in [-0.39, 0.29) is 11.8 Å². The Morgan fingerprint density at radius 1 is 0.917 bits per heavy atom. The highest BCUT2D eigenvalue weighted by Gasteiger charge is 2.64. The van der Waals surface area contributed by atoms with E-state index >= 15 is 0 Å². The number of anilines is 2. The zero-order chi connectivity index (χ0) is 25.0. The molecule has 3 aromatic carbocycles. The van der Waals surface area contributed by atoms with Gasteiger partial charge in [0, 0.05) is 16.9 Å². The molecule has 3 aliphatic rings. The third-order valence-corrected chi connectivity index (χ3v) is 7.42. The first-order chi connectivity index (χ1) is 17.5. The standard InChI is InChI=1S/C28H22ClN3O4/c1-36-21-9-5-4-8-20(21)32-27(34)22-23(28(32)35)25(26(33)30-18-12-10-17(29)11-13-18)31-15-14-16-6-2-3-7-19(16)24(22)31/h2-15,22-25H,1H3,(H,30,33)/t22-,23+,24?,25-/m0/s1. The van der Waals surface area contributed by atoms with Gasteiger partial charge in [-0.25, -0.2) is 4.90 Å². The summed E-state index contributed by atoms with van der Waals surface area (Å²) in [6.07, 6.45) is 3.74. The Labute approximate surface area is 212 Å². The van der Waals surface area contributed by atoms with Crippen molar-refractivity contribution in [2.24, 2.45) is 11.8 Å². The summed E-state index contributed by atoms with van der Waals surface area (Å²) >= 11 is 5.99. The number of nitrogens with one attached hydrogen (secondary N) is 1. The minimum atomic E-state index is -0.878. The van der Waals surface area contributed by atoms with Crippen LogP contribution >= 0.6 is 11.6 Å². The number of para-hydroxylation sites is 2. The summed E-state index contributed by atoms with van der Waals surface area (Å²) < 4.78 is 5.44. The Morgan fingerprint density at radius 2 is 1.61 bits per heavy atom. The van der Waals surface area contributed by atoms with E-state index in [4.69, 9.17) is 16.3 Å². The maximum Gasteiger partial charge on any atom is 0.247 e. The van der Waals surface area contributed by atoms with E-state index in [1.54, 1.807) is 48.5 Å². The van der Waals surface area contributed by atoms with Crippen molar-refractivity contribution in [3.63, 3.8) is 0 Å². The Bertz CT molecular complexity index is 1420. The van der Waals surface area contributed by atoms with Gasteiger partial charge in [-0.3, -0.25) is 14.4 Å². The van der Waals surface area contributed by atoms with Gasteiger partial charge < -0.3 is 15.0 Å². The van der Waals surface area contributed by atoms with E-state index in [1.807, 2.05) is 41.4 Å². The highest BCUT2D eigenvalue weighted by atomic mass is 35.5. The molecule has 0 aromatic heterocycles. The van der Waals surface area contributed by atoms with Crippen LogP contribution in [0, 0.1) is 11.8 Å². The average molecular weight is 500 g/mol. The fraction of sp³-hybridized carbons (Fsp3) is 0.179. The molecule has 0 radical (unpaired) electrons. The first-order valence-corrected chi connectivity index (χ1v) is 12.0. The van der Waals surface area contributed by atoms with E-state index < -0.39 is 29.8 Å². The van der Waals surface area contributed by atoms with Gasteiger partial charge in [0.05, 0.1) is 30.7 Å². The second-order valence-electron chi connectivity index (χ2n) is 9.01. The van der Waals surface area contributed by atoms with E-state index in [0.717, 1.165) is 11.1 Å². The number of halogens is 1. The van der Waals surface area contributed by atoms with Gasteiger partial charge >= 0.3 is 0 Å². The molecular formula is C28H22ClN3O4. The number of carbonyl (C=O) groups is 3. The molecule has 1 unspecified atom stereocenters. The van der Waals surface area contributed by atoms with Crippen molar-refractivity contribution in [1.82, 2.24) is 4.90 Å². The zero-order valence-corrected chi connectivity index (χ0v) is 20.1. The minimum absolute atomic E-state index is 0.337. The van der Waals surface area contributed by atoms with Crippen LogP contribution in [0.1, 0.15) is 17.2 Å². The molecule has 2 fully saturated rings. The summed E-state index contributed by atoms with van der Waals surface area (Å²) in [5, 5.41) is 3.46. The van der Waals surface area contributed by atoms with E-state index in [0.29, 0.717) is 22.1 Å². The number of nitrogens with zero attached hydrogens (tertiary/aromatic N) is 2. The van der Waals surface area contributed by atoms with Gasteiger partial charge in [-0.05, 0) is 53.6 Å². The van der Waals surface area contributed by atoms with Crippen molar-refractivity contribution in [3.8, 4) is 5.75 Å². The fourth-order valence-corrected chi connectivity index (χ4v) is 5.78. The molecule has 3 amide bonds. The van der Waals surface area contributed by atoms with Crippen LogP contribution in [-0.2, 0) is 14.4 Å². The number of hydrogen-bond acceptors (Lipinski definition) is 5. The molecule has 3 heterocycles. The molecule has 0 saturated carbocycles. The lowest BCUT2D eigenvalue weighted by molar-refractivity contribution is -0.128. The number of fused-ring (bicyclic) bond motifs is 5. The van der Waals surface area contributed by atoms with E-state index in [2.05, 4.69) is 5.32 Å². The highest BCUT2D eigenvalue weighted by molar-refractivity contribution is 6.30. The van der Waals surface area contributed by atoms with Crippen molar-refractivity contribution >= 4 is 46.8 Å². The normalized spacial score (nSPS) is 23.8. The third kappa shape index (κ3) is 3.31. The van der Waals surface area contributed by atoms with Gasteiger partial charge in [-0.2, -0.15) is 0 Å². The molecule has 6 rings (SSSR count). The molecule has 2 saturated heterocycles. The van der Waals surface area contributed by atoms with Gasteiger partial charge in [0.25, 0.3) is 0 Å². The lowest BCUT2D eigenvalue weighted by Gasteiger charge is -2.35. The summed E-state index contributed by atoms with van der Waals surface area (Å²) in [7, 11) is 1.50. The predicted molar refractivity (Wildman–Crippen MR) is 136 cm³/mol. The molecule has 0 aliphatic carbocycles. The molecule has 180 valence electrons. The number of ether oxygens (including phenoxy) is 1. The molecule has 8 heteroatoms. The van der Waals surface area contributed by atoms with Gasteiger partial charge in [0.15, 0.2) is 0 Å². The number of amides is 3. The number of imide groups is 1. The first kappa shape index (κ1) is 22.4. The fourth-order valence-electron chi connectivity index (χ4n) is 5.66. The largest absolute Gasteiger partial charge is 0.495 e. The minimum Gasteiger partial charge on any atom is -0.495 e. The van der Waals surface area contributed by atoms with Crippen molar-refractivity contribution in [2.75, 3.05) is 17.3 Å². The van der Waals surface area contributed by atoms with Crippen LogP contribution in [0.5, 0.6) is 5.75 Å². The Balaban J connectivity index is 1.45. The summed E-state index contributed by atoms with van der Waals surface area (Å²) in [5.41, 5.74) is 2.82. The molecule has 1 N–H and O–H groups in total. The van der Waals surface area contributed by atoms with Crippen LogP contribution in [0.3, 0.4) is 0 Å². The van der Waals surface area contributed by atoms with Crippen LogP contribution in [0.15, 0.2) is 79.0 Å². The van der Waals surface area contributed by atoms with Crippen LogP contribution < -0.4 is 15.0 Å². The van der Waals surface area contributed by atoms with Gasteiger partial charge in [0.1, 0.15) is 11.8 Å². The molecule has 7 nitrogen and oxygen atoms in total. The van der Waals surface area contributed by atoms with Crippen LogP contribution in [0.2, 0.25) is 5.02 Å². The monoisotopic (exact) mass is 499 g/mol.